The van der Waals surface area contributed by atoms with Crippen LogP contribution in [0, 0.1) is 0 Å². The molecule has 164 valence electrons. The molecule has 0 spiro atoms. The van der Waals surface area contributed by atoms with Gasteiger partial charge in [-0.15, -0.1) is 0 Å². The van der Waals surface area contributed by atoms with Crippen LogP contribution in [0.15, 0.2) is 46.9 Å². The van der Waals surface area contributed by atoms with Gasteiger partial charge in [0.05, 0.1) is 25.1 Å². The number of amides is 1. The Kier molecular flexibility index (Phi) is 7.85. The summed E-state index contributed by atoms with van der Waals surface area (Å²) in [6, 6.07) is 13.2. The van der Waals surface area contributed by atoms with Gasteiger partial charge in [-0.25, -0.2) is 0 Å². The monoisotopic (exact) mass is 487 g/mol. The van der Waals surface area contributed by atoms with E-state index in [2.05, 4.69) is 28.1 Å². The highest BCUT2D eigenvalue weighted by molar-refractivity contribution is 9.10. The van der Waals surface area contributed by atoms with E-state index in [0.717, 1.165) is 29.3 Å². The zero-order valence-electron chi connectivity index (χ0n) is 17.7. The molecule has 1 amide bonds. The number of carbonyl (C=O) groups is 3. The average molecular weight is 488 g/mol. The minimum atomic E-state index is -0.576. The number of carbonyl (C=O) groups excluding carboxylic acids is 3. The lowest BCUT2D eigenvalue weighted by Crippen LogP contribution is -2.36. The second-order valence-electron chi connectivity index (χ2n) is 7.54. The zero-order valence-corrected chi connectivity index (χ0v) is 19.3. The number of hydrogen-bond donors (Lipinski definition) is 0. The maximum Gasteiger partial charge on any atom is 0.306 e. The first kappa shape index (κ1) is 23.0. The van der Waals surface area contributed by atoms with E-state index in [1.54, 1.807) is 30.1 Å². The lowest BCUT2D eigenvalue weighted by atomic mass is 9.87. The largest absolute Gasteiger partial charge is 0.496 e. The number of ether oxygens (including phenoxy) is 2. The number of aryl methyl sites for hydroxylation is 1. The molecule has 7 heteroatoms. The summed E-state index contributed by atoms with van der Waals surface area (Å²) in [6.07, 6.45) is 2.79. The summed E-state index contributed by atoms with van der Waals surface area (Å²) in [5.74, 6) is -0.605. The van der Waals surface area contributed by atoms with Crippen molar-refractivity contribution in [3.8, 4) is 5.75 Å². The first-order valence-corrected chi connectivity index (χ1v) is 11.1. The van der Waals surface area contributed by atoms with Gasteiger partial charge in [0.25, 0.3) is 5.91 Å². The lowest BCUT2D eigenvalue weighted by molar-refractivity contribution is -0.152. The van der Waals surface area contributed by atoms with Crippen LogP contribution in [0.4, 0.5) is 0 Å². The molecule has 2 aromatic rings. The molecule has 0 bridgehead atoms. The van der Waals surface area contributed by atoms with Crippen LogP contribution in [0.25, 0.3) is 0 Å². The molecule has 0 N–H and O–H groups in total. The van der Waals surface area contributed by atoms with Crippen molar-refractivity contribution in [3.05, 3.63) is 63.6 Å². The Labute approximate surface area is 190 Å². The van der Waals surface area contributed by atoms with E-state index in [0.29, 0.717) is 11.3 Å². The van der Waals surface area contributed by atoms with E-state index in [-0.39, 0.29) is 37.2 Å². The topological polar surface area (TPSA) is 72.9 Å². The fourth-order valence-corrected chi connectivity index (χ4v) is 4.23. The number of Topliss-reactive ketones (excluding diaryl/α,β-unsaturated/α-hetero) is 1. The van der Waals surface area contributed by atoms with Gasteiger partial charge in [0, 0.05) is 17.9 Å². The number of fused-ring (bicyclic) bond motifs is 1. The average Bonchev–Trinajstić information content (AvgIpc) is 2.80. The molecule has 0 aliphatic heterocycles. The molecule has 0 radical (unpaired) electrons. The van der Waals surface area contributed by atoms with E-state index < -0.39 is 5.97 Å². The highest BCUT2D eigenvalue weighted by Crippen LogP contribution is 2.33. The van der Waals surface area contributed by atoms with Crippen LogP contribution in [-0.4, -0.2) is 43.3 Å². The van der Waals surface area contributed by atoms with Crippen molar-refractivity contribution in [1.82, 2.24) is 4.90 Å². The van der Waals surface area contributed by atoms with Crippen molar-refractivity contribution in [2.75, 3.05) is 20.8 Å². The van der Waals surface area contributed by atoms with Crippen molar-refractivity contribution < 1.29 is 23.9 Å². The van der Waals surface area contributed by atoms with Crippen molar-refractivity contribution in [2.45, 2.75) is 38.1 Å². The number of likely N-dealkylation sites (N-methyl/N-ethyl adjacent to an activating group) is 1. The SMILES string of the molecule is COc1ccc(Br)cc1C(=O)CCC(=O)OCC(=O)N(C)C1CCCc2ccccc21. The molecule has 1 unspecified atom stereocenters. The predicted octanol–water partition coefficient (Wildman–Crippen LogP) is 4.50. The normalized spacial score (nSPS) is 15.0. The second kappa shape index (κ2) is 10.6. The van der Waals surface area contributed by atoms with Crippen LogP contribution in [-0.2, 0) is 20.7 Å². The van der Waals surface area contributed by atoms with E-state index >= 15 is 0 Å². The number of nitrogens with zero attached hydrogens (tertiary/aromatic N) is 1. The number of methoxy groups -OCH3 is 1. The molecule has 0 saturated carbocycles. The Morgan fingerprint density at radius 1 is 1.13 bits per heavy atom. The smallest absolute Gasteiger partial charge is 0.306 e. The summed E-state index contributed by atoms with van der Waals surface area (Å²) in [6.45, 7) is -0.331. The number of ketones is 1. The number of hydrogen-bond acceptors (Lipinski definition) is 5. The van der Waals surface area contributed by atoms with Crippen molar-refractivity contribution in [2.24, 2.45) is 0 Å². The number of rotatable bonds is 8. The van der Waals surface area contributed by atoms with Gasteiger partial charge < -0.3 is 14.4 Å². The molecule has 0 fully saturated rings. The Hall–Kier alpha value is -2.67. The van der Waals surface area contributed by atoms with E-state index in [1.807, 2.05) is 12.1 Å². The lowest BCUT2D eigenvalue weighted by Gasteiger charge is -2.33. The molecule has 6 nitrogen and oxygen atoms in total. The molecular weight excluding hydrogens is 462 g/mol. The van der Waals surface area contributed by atoms with Gasteiger partial charge in [-0.1, -0.05) is 40.2 Å². The Morgan fingerprint density at radius 2 is 1.90 bits per heavy atom. The van der Waals surface area contributed by atoms with E-state index in [9.17, 15) is 14.4 Å². The van der Waals surface area contributed by atoms with E-state index in [4.69, 9.17) is 9.47 Å². The molecule has 1 atom stereocenters. The Balaban J connectivity index is 1.50. The van der Waals surface area contributed by atoms with Crippen molar-refractivity contribution >= 4 is 33.6 Å². The fraction of sp³-hybridized carbons (Fsp3) is 0.375. The second-order valence-corrected chi connectivity index (χ2v) is 8.46. The van der Waals surface area contributed by atoms with Gasteiger partial charge in [0.2, 0.25) is 0 Å². The quantitative estimate of drug-likeness (QED) is 0.404. The number of esters is 1. The van der Waals surface area contributed by atoms with Gasteiger partial charge in [0.15, 0.2) is 12.4 Å². The number of benzene rings is 2. The van der Waals surface area contributed by atoms with Crippen LogP contribution >= 0.6 is 15.9 Å². The first-order valence-electron chi connectivity index (χ1n) is 10.3. The summed E-state index contributed by atoms with van der Waals surface area (Å²) in [5, 5.41) is 0. The third-order valence-electron chi connectivity index (χ3n) is 5.57. The van der Waals surface area contributed by atoms with Gasteiger partial charge in [-0.3, -0.25) is 14.4 Å². The van der Waals surface area contributed by atoms with Crippen LogP contribution in [0.1, 0.15) is 53.2 Å². The molecule has 0 saturated heterocycles. The Morgan fingerprint density at radius 3 is 2.68 bits per heavy atom. The minimum absolute atomic E-state index is 0.0123. The zero-order chi connectivity index (χ0) is 22.4. The summed E-state index contributed by atoms with van der Waals surface area (Å²) < 4.78 is 11.1. The van der Waals surface area contributed by atoms with Gasteiger partial charge in [0.1, 0.15) is 5.75 Å². The van der Waals surface area contributed by atoms with Crippen LogP contribution in [0.2, 0.25) is 0 Å². The summed E-state index contributed by atoms with van der Waals surface area (Å²) >= 11 is 3.33. The van der Waals surface area contributed by atoms with Crippen LogP contribution in [0.3, 0.4) is 0 Å². The standard InChI is InChI=1S/C24H26BrNO5/c1-26(20-9-5-7-16-6-3-4-8-18(16)20)23(28)15-31-24(29)13-11-21(27)19-14-17(25)10-12-22(19)30-2/h3-4,6,8,10,12,14,20H,5,7,9,11,13,15H2,1-2H3. The highest BCUT2D eigenvalue weighted by Gasteiger charge is 2.27. The molecule has 2 aromatic carbocycles. The predicted molar refractivity (Wildman–Crippen MR) is 120 cm³/mol. The van der Waals surface area contributed by atoms with Crippen LogP contribution < -0.4 is 4.74 Å². The minimum Gasteiger partial charge on any atom is -0.496 e. The van der Waals surface area contributed by atoms with Crippen molar-refractivity contribution in [3.63, 3.8) is 0 Å². The van der Waals surface area contributed by atoms with Crippen LogP contribution in [0.5, 0.6) is 5.75 Å². The third-order valence-corrected chi connectivity index (χ3v) is 6.07. The molecular formula is C24H26BrNO5. The molecule has 31 heavy (non-hydrogen) atoms. The molecule has 0 aromatic heterocycles. The molecule has 1 aliphatic carbocycles. The highest BCUT2D eigenvalue weighted by atomic mass is 79.9. The molecule has 3 rings (SSSR count). The fourth-order valence-electron chi connectivity index (χ4n) is 3.87. The maximum absolute atomic E-state index is 12.6. The summed E-state index contributed by atoms with van der Waals surface area (Å²) in [4.78, 5) is 38.8. The molecule has 1 aliphatic rings. The van der Waals surface area contributed by atoms with Crippen molar-refractivity contribution in [1.29, 1.82) is 0 Å². The third kappa shape index (κ3) is 5.73. The van der Waals surface area contributed by atoms with Gasteiger partial charge >= 0.3 is 5.97 Å². The van der Waals surface area contributed by atoms with Gasteiger partial charge in [-0.2, -0.15) is 0 Å². The Bertz CT molecular complexity index is 974. The van der Waals surface area contributed by atoms with E-state index in [1.165, 1.54) is 12.7 Å². The summed E-state index contributed by atoms with van der Waals surface area (Å²) in [7, 11) is 3.23. The maximum atomic E-state index is 12.6. The number of halogens is 1. The first-order chi connectivity index (χ1) is 14.9. The van der Waals surface area contributed by atoms with Gasteiger partial charge in [-0.05, 0) is 48.6 Å². The molecule has 0 heterocycles. The summed E-state index contributed by atoms with van der Waals surface area (Å²) in [5.41, 5.74) is 2.82.